The minimum absolute atomic E-state index is 0.157. The summed E-state index contributed by atoms with van der Waals surface area (Å²) in [5, 5.41) is 5.26. The number of carbonyl (C=O) groups excluding carboxylic acids is 2. The Morgan fingerprint density at radius 3 is 2.36 bits per heavy atom. The Morgan fingerprint density at radius 1 is 1.04 bits per heavy atom. The van der Waals surface area contributed by atoms with Crippen LogP contribution in [0.3, 0.4) is 0 Å². The van der Waals surface area contributed by atoms with Gasteiger partial charge in [-0.2, -0.15) is 4.98 Å². The minimum Gasteiger partial charge on any atom is -0.274 e. The van der Waals surface area contributed by atoms with E-state index in [4.69, 9.17) is 23.2 Å². The number of halogens is 2. The molecule has 1 saturated carbocycles. The lowest BCUT2D eigenvalue weighted by Crippen LogP contribution is -2.32. The lowest BCUT2D eigenvalue weighted by Gasteiger charge is -2.19. The maximum Gasteiger partial charge on any atom is 0.258 e. The van der Waals surface area contributed by atoms with Gasteiger partial charge in [0.2, 0.25) is 11.8 Å². The van der Waals surface area contributed by atoms with Gasteiger partial charge in [0.1, 0.15) is 6.33 Å². The Bertz CT molecular complexity index is 827. The number of fused-ring (bicyclic) bond motifs is 1. The lowest BCUT2D eigenvalue weighted by molar-refractivity contribution is -0.122. The molecule has 4 rings (SSSR count). The highest BCUT2D eigenvalue weighted by Gasteiger charge is 2.50. The van der Waals surface area contributed by atoms with Gasteiger partial charge in [0.15, 0.2) is 0 Å². The van der Waals surface area contributed by atoms with Crippen molar-refractivity contribution < 1.29 is 9.59 Å². The Morgan fingerprint density at radius 2 is 1.72 bits per heavy atom. The molecule has 0 N–H and O–H groups in total. The summed E-state index contributed by atoms with van der Waals surface area (Å²) in [5.74, 6) is -0.583. The van der Waals surface area contributed by atoms with E-state index < -0.39 is 0 Å². The normalized spacial score (nSPS) is 23.2. The van der Waals surface area contributed by atoms with Crippen molar-refractivity contribution in [2.45, 2.75) is 32.2 Å². The first-order chi connectivity index (χ1) is 12.0. The number of aromatic nitrogens is 3. The summed E-state index contributed by atoms with van der Waals surface area (Å²) in [6.07, 6.45) is 5.05. The molecule has 0 unspecified atom stereocenters. The van der Waals surface area contributed by atoms with Crippen LogP contribution in [-0.2, 0) is 16.1 Å². The van der Waals surface area contributed by atoms with Gasteiger partial charge >= 0.3 is 0 Å². The molecular weight excluding hydrogens is 363 g/mol. The summed E-state index contributed by atoms with van der Waals surface area (Å²) >= 11 is 11.9. The van der Waals surface area contributed by atoms with Gasteiger partial charge in [-0.25, -0.2) is 9.58 Å². The third-order valence-corrected chi connectivity index (χ3v) is 5.63. The Kier molecular flexibility index (Phi) is 4.25. The molecular formula is C17H16Cl2N4O2. The monoisotopic (exact) mass is 378 g/mol. The van der Waals surface area contributed by atoms with Gasteiger partial charge in [0.25, 0.3) is 5.95 Å². The predicted octanol–water partition coefficient (Wildman–Crippen LogP) is 3.31. The maximum atomic E-state index is 12.6. The highest BCUT2D eigenvalue weighted by molar-refractivity contribution is 6.42. The van der Waals surface area contributed by atoms with Crippen molar-refractivity contribution in [1.82, 2.24) is 14.8 Å². The van der Waals surface area contributed by atoms with E-state index in [0.29, 0.717) is 16.6 Å². The van der Waals surface area contributed by atoms with Gasteiger partial charge in [-0.1, -0.05) is 42.1 Å². The first-order valence-electron chi connectivity index (χ1n) is 8.26. The van der Waals surface area contributed by atoms with Gasteiger partial charge in [-0.3, -0.25) is 9.59 Å². The summed E-state index contributed by atoms with van der Waals surface area (Å²) < 4.78 is 1.58. The van der Waals surface area contributed by atoms with Crippen LogP contribution in [0.4, 0.5) is 5.95 Å². The lowest BCUT2D eigenvalue weighted by atomic mass is 9.81. The molecule has 2 amide bonds. The van der Waals surface area contributed by atoms with E-state index in [1.807, 2.05) is 6.07 Å². The van der Waals surface area contributed by atoms with Crippen molar-refractivity contribution in [3.63, 3.8) is 0 Å². The summed E-state index contributed by atoms with van der Waals surface area (Å²) in [7, 11) is 0. The van der Waals surface area contributed by atoms with Crippen LogP contribution >= 0.6 is 23.2 Å². The van der Waals surface area contributed by atoms with Crippen molar-refractivity contribution in [1.29, 1.82) is 0 Å². The van der Waals surface area contributed by atoms with Gasteiger partial charge in [0, 0.05) is 0 Å². The molecule has 2 heterocycles. The van der Waals surface area contributed by atoms with Crippen LogP contribution in [0, 0.1) is 11.8 Å². The van der Waals surface area contributed by atoms with E-state index >= 15 is 0 Å². The van der Waals surface area contributed by atoms with Crippen LogP contribution in [0.25, 0.3) is 0 Å². The maximum absolute atomic E-state index is 12.6. The van der Waals surface area contributed by atoms with E-state index in [0.717, 1.165) is 36.1 Å². The molecule has 0 radical (unpaired) electrons. The molecule has 2 atom stereocenters. The molecule has 1 saturated heterocycles. The van der Waals surface area contributed by atoms with E-state index in [9.17, 15) is 9.59 Å². The Labute approximate surface area is 154 Å². The summed E-state index contributed by atoms with van der Waals surface area (Å²) in [6.45, 7) is 0.424. The van der Waals surface area contributed by atoms with E-state index in [1.165, 1.54) is 6.33 Å². The number of nitrogens with zero attached hydrogens (tertiary/aromatic N) is 4. The van der Waals surface area contributed by atoms with E-state index in [1.54, 1.807) is 16.8 Å². The van der Waals surface area contributed by atoms with Crippen molar-refractivity contribution in [3.05, 3.63) is 40.1 Å². The molecule has 2 aliphatic rings. The fraction of sp³-hybridized carbons (Fsp3) is 0.412. The van der Waals surface area contributed by atoms with Crippen molar-refractivity contribution in [2.75, 3.05) is 4.90 Å². The summed E-state index contributed by atoms with van der Waals surface area (Å²) in [5.41, 5.74) is 0.901. The topological polar surface area (TPSA) is 68.1 Å². The minimum atomic E-state index is -0.205. The Balaban J connectivity index is 1.55. The highest BCUT2D eigenvalue weighted by atomic mass is 35.5. The first kappa shape index (κ1) is 16.5. The second-order valence-electron chi connectivity index (χ2n) is 6.50. The predicted molar refractivity (Wildman–Crippen MR) is 93.5 cm³/mol. The molecule has 1 aromatic carbocycles. The van der Waals surface area contributed by atoms with Crippen LogP contribution < -0.4 is 4.90 Å². The number of hydrogen-bond acceptors (Lipinski definition) is 4. The van der Waals surface area contributed by atoms with Crippen LogP contribution in [0.1, 0.15) is 31.2 Å². The van der Waals surface area contributed by atoms with E-state index in [-0.39, 0.29) is 29.6 Å². The third-order valence-electron chi connectivity index (χ3n) is 4.89. The SMILES string of the molecule is O=C1[C@H]2CCCC[C@H]2C(=O)N1c1ncn(Cc2ccc(Cl)c(Cl)c2)n1. The molecule has 1 aromatic heterocycles. The zero-order chi connectivity index (χ0) is 17.6. The number of benzene rings is 1. The third kappa shape index (κ3) is 2.93. The van der Waals surface area contributed by atoms with Crippen molar-refractivity contribution in [2.24, 2.45) is 11.8 Å². The molecule has 25 heavy (non-hydrogen) atoms. The fourth-order valence-electron chi connectivity index (χ4n) is 3.65. The van der Waals surface area contributed by atoms with Gasteiger partial charge in [0.05, 0.1) is 28.4 Å². The van der Waals surface area contributed by atoms with Crippen LogP contribution in [0.15, 0.2) is 24.5 Å². The second kappa shape index (κ2) is 6.42. The fourth-order valence-corrected chi connectivity index (χ4v) is 3.97. The second-order valence-corrected chi connectivity index (χ2v) is 7.31. The van der Waals surface area contributed by atoms with Gasteiger partial charge in [-0.15, -0.1) is 5.10 Å². The average Bonchev–Trinajstić information content (AvgIpc) is 3.15. The number of rotatable bonds is 3. The molecule has 1 aliphatic carbocycles. The summed E-state index contributed by atoms with van der Waals surface area (Å²) in [4.78, 5) is 30.5. The number of imide groups is 1. The van der Waals surface area contributed by atoms with Crippen LogP contribution in [0.5, 0.6) is 0 Å². The van der Waals surface area contributed by atoms with E-state index in [2.05, 4.69) is 10.1 Å². The first-order valence-corrected chi connectivity index (χ1v) is 9.01. The Hall–Kier alpha value is -1.92. The van der Waals surface area contributed by atoms with Crippen molar-refractivity contribution in [3.8, 4) is 0 Å². The van der Waals surface area contributed by atoms with Gasteiger partial charge in [-0.05, 0) is 30.5 Å². The number of carbonyl (C=O) groups is 2. The zero-order valence-electron chi connectivity index (χ0n) is 13.4. The number of anilines is 1. The van der Waals surface area contributed by atoms with Crippen molar-refractivity contribution >= 4 is 41.0 Å². The molecule has 0 spiro atoms. The quantitative estimate of drug-likeness (QED) is 0.768. The standard InChI is InChI=1S/C17H16Cl2N4O2/c18-13-6-5-10(7-14(13)19)8-22-9-20-17(21-22)23-15(24)11-3-1-2-4-12(11)16(23)25/h5-7,9,11-12H,1-4,8H2/t11-,12+. The zero-order valence-corrected chi connectivity index (χ0v) is 14.9. The number of hydrogen-bond donors (Lipinski definition) is 0. The average molecular weight is 379 g/mol. The van der Waals surface area contributed by atoms with Gasteiger partial charge < -0.3 is 0 Å². The van der Waals surface area contributed by atoms with Crippen LogP contribution in [0.2, 0.25) is 10.0 Å². The molecule has 8 heteroatoms. The molecule has 0 bridgehead atoms. The molecule has 1 aliphatic heterocycles. The smallest absolute Gasteiger partial charge is 0.258 e. The highest BCUT2D eigenvalue weighted by Crippen LogP contribution is 2.39. The molecule has 2 aromatic rings. The molecule has 6 nitrogen and oxygen atoms in total. The largest absolute Gasteiger partial charge is 0.274 e. The molecule has 2 fully saturated rings. The molecule has 130 valence electrons. The van der Waals surface area contributed by atoms with Crippen LogP contribution in [-0.4, -0.2) is 26.6 Å². The number of amides is 2. The summed E-state index contributed by atoms with van der Waals surface area (Å²) in [6, 6.07) is 5.32.